The number of sulfone groups is 1. The molecule has 2 bridgehead atoms. The molecule has 1 N–H and O–H groups in total. The quantitative estimate of drug-likeness (QED) is 0.553. The molecule has 33 heavy (non-hydrogen) atoms. The average molecular weight is 497 g/mol. The van der Waals surface area contributed by atoms with Crippen molar-refractivity contribution in [2.45, 2.75) is 42.2 Å². The standard InChI is InChI=1S/C23H20ClF3N2O3S/c24-17-4-3-15(23(30)29-16-10-18(25)21(27)19(26)11-16)9-20(17)33(31,32)22-13-1-2-14(22)8-12(7-13)5-6-28/h3-4,9-14,22H,1-2,5,7-8H2,(H,29,30)/t12-,13+,14?,22?/m0/s1. The van der Waals surface area contributed by atoms with Crippen LogP contribution in [0.15, 0.2) is 35.2 Å². The lowest BCUT2D eigenvalue weighted by Gasteiger charge is -2.34. The van der Waals surface area contributed by atoms with Crippen LogP contribution in [0.3, 0.4) is 0 Å². The van der Waals surface area contributed by atoms with Crippen LogP contribution in [0.2, 0.25) is 5.02 Å². The van der Waals surface area contributed by atoms with Gasteiger partial charge in [-0.25, -0.2) is 21.6 Å². The Hall–Kier alpha value is -2.57. The molecule has 1 amide bonds. The normalized spacial score (nSPS) is 24.3. The van der Waals surface area contributed by atoms with E-state index in [2.05, 4.69) is 11.4 Å². The predicted molar refractivity (Wildman–Crippen MR) is 116 cm³/mol. The van der Waals surface area contributed by atoms with Crippen molar-refractivity contribution in [3.05, 3.63) is 58.4 Å². The second-order valence-corrected chi connectivity index (χ2v) is 11.1. The number of hydrogen-bond donors (Lipinski definition) is 1. The van der Waals surface area contributed by atoms with Crippen molar-refractivity contribution in [1.29, 1.82) is 5.26 Å². The van der Waals surface area contributed by atoms with Gasteiger partial charge in [-0.2, -0.15) is 5.26 Å². The number of anilines is 1. The third kappa shape index (κ3) is 4.46. The summed E-state index contributed by atoms with van der Waals surface area (Å²) in [6, 6.07) is 7.16. The van der Waals surface area contributed by atoms with Gasteiger partial charge in [-0.1, -0.05) is 11.6 Å². The van der Waals surface area contributed by atoms with E-state index in [0.29, 0.717) is 31.4 Å². The van der Waals surface area contributed by atoms with Crippen LogP contribution in [-0.2, 0) is 9.84 Å². The number of rotatable bonds is 5. The highest BCUT2D eigenvalue weighted by atomic mass is 35.5. The Morgan fingerprint density at radius 1 is 1.09 bits per heavy atom. The molecule has 0 saturated heterocycles. The van der Waals surface area contributed by atoms with Gasteiger partial charge in [0.15, 0.2) is 27.3 Å². The zero-order valence-electron chi connectivity index (χ0n) is 17.3. The SMILES string of the molecule is N#CC[C@@H]1CC2CC[C@H](C1)C2S(=O)(=O)c1cc(C(=O)Nc2cc(F)c(F)c(F)c2)ccc1Cl. The molecule has 4 atom stereocenters. The van der Waals surface area contributed by atoms with Crippen molar-refractivity contribution in [3.8, 4) is 6.07 Å². The van der Waals surface area contributed by atoms with Gasteiger partial charge in [-0.3, -0.25) is 4.79 Å². The Balaban J connectivity index is 1.61. The second-order valence-electron chi connectivity index (χ2n) is 8.66. The van der Waals surface area contributed by atoms with Gasteiger partial charge < -0.3 is 5.32 Å². The minimum absolute atomic E-state index is 0.0241. The maximum absolute atomic E-state index is 13.6. The highest BCUT2D eigenvalue weighted by Gasteiger charge is 2.49. The molecule has 0 radical (unpaired) electrons. The first-order valence-electron chi connectivity index (χ1n) is 10.5. The van der Waals surface area contributed by atoms with Crippen molar-refractivity contribution in [3.63, 3.8) is 0 Å². The summed E-state index contributed by atoms with van der Waals surface area (Å²) in [7, 11) is -3.88. The summed E-state index contributed by atoms with van der Waals surface area (Å²) in [5.74, 6) is -5.39. The van der Waals surface area contributed by atoms with E-state index in [4.69, 9.17) is 16.9 Å². The molecule has 10 heteroatoms. The Morgan fingerprint density at radius 2 is 1.70 bits per heavy atom. The molecule has 2 fully saturated rings. The van der Waals surface area contributed by atoms with E-state index in [-0.39, 0.29) is 38.9 Å². The Morgan fingerprint density at radius 3 is 2.27 bits per heavy atom. The molecule has 0 spiro atoms. The minimum Gasteiger partial charge on any atom is -0.322 e. The van der Waals surface area contributed by atoms with Gasteiger partial charge in [-0.15, -0.1) is 0 Å². The van der Waals surface area contributed by atoms with Crippen molar-refractivity contribution in [1.82, 2.24) is 0 Å². The summed E-state index contributed by atoms with van der Waals surface area (Å²) in [6.45, 7) is 0. The van der Waals surface area contributed by atoms with Crippen LogP contribution in [0.25, 0.3) is 0 Å². The molecule has 2 aromatic rings. The van der Waals surface area contributed by atoms with Gasteiger partial charge in [0.25, 0.3) is 5.91 Å². The summed E-state index contributed by atoms with van der Waals surface area (Å²) < 4.78 is 67.2. The molecule has 5 nitrogen and oxygen atoms in total. The molecule has 2 aromatic carbocycles. The molecular formula is C23H20ClF3N2O3S. The van der Waals surface area contributed by atoms with Gasteiger partial charge in [0, 0.05) is 29.8 Å². The van der Waals surface area contributed by atoms with Gasteiger partial charge in [0.1, 0.15) is 0 Å². The van der Waals surface area contributed by atoms with Gasteiger partial charge >= 0.3 is 0 Å². The average Bonchev–Trinajstić information content (AvgIpc) is 3.04. The molecule has 4 rings (SSSR count). The van der Waals surface area contributed by atoms with Crippen LogP contribution in [0.1, 0.15) is 42.5 Å². The molecule has 2 aliphatic rings. The van der Waals surface area contributed by atoms with Crippen molar-refractivity contribution >= 4 is 33.0 Å². The molecule has 0 heterocycles. The van der Waals surface area contributed by atoms with E-state index < -0.39 is 38.4 Å². The molecule has 0 aromatic heterocycles. The number of benzene rings is 2. The number of nitrogens with one attached hydrogen (secondary N) is 1. The Labute approximate surface area is 194 Å². The van der Waals surface area contributed by atoms with E-state index in [1.165, 1.54) is 12.1 Å². The smallest absolute Gasteiger partial charge is 0.255 e. The van der Waals surface area contributed by atoms with Crippen LogP contribution >= 0.6 is 11.6 Å². The number of halogens is 4. The summed E-state index contributed by atoms with van der Waals surface area (Å²) >= 11 is 6.22. The second kappa shape index (κ2) is 8.99. The van der Waals surface area contributed by atoms with Crippen molar-refractivity contribution in [2.24, 2.45) is 17.8 Å². The van der Waals surface area contributed by atoms with E-state index >= 15 is 0 Å². The fourth-order valence-electron chi connectivity index (χ4n) is 5.24. The number of hydrogen-bond acceptors (Lipinski definition) is 4. The van der Waals surface area contributed by atoms with Crippen LogP contribution in [-0.4, -0.2) is 19.6 Å². The zero-order valence-corrected chi connectivity index (χ0v) is 18.9. The highest BCUT2D eigenvalue weighted by Crippen LogP contribution is 2.50. The van der Waals surface area contributed by atoms with E-state index in [1.54, 1.807) is 0 Å². The van der Waals surface area contributed by atoms with Crippen LogP contribution in [0.5, 0.6) is 0 Å². The number of carbonyl (C=O) groups excluding carboxylic acids is 1. The zero-order chi connectivity index (χ0) is 23.9. The van der Waals surface area contributed by atoms with Gasteiger partial charge in [0.2, 0.25) is 0 Å². The largest absolute Gasteiger partial charge is 0.322 e. The van der Waals surface area contributed by atoms with Crippen molar-refractivity contribution < 1.29 is 26.4 Å². The fraction of sp³-hybridized carbons (Fsp3) is 0.391. The third-order valence-corrected chi connectivity index (χ3v) is 9.47. The maximum atomic E-state index is 13.6. The number of fused-ring (bicyclic) bond motifs is 2. The predicted octanol–water partition coefficient (Wildman–Crippen LogP) is 5.50. The number of nitriles is 1. The summed E-state index contributed by atoms with van der Waals surface area (Å²) in [5, 5.41) is 10.6. The number of amides is 1. The van der Waals surface area contributed by atoms with Crippen LogP contribution < -0.4 is 5.32 Å². The lowest BCUT2D eigenvalue weighted by atomic mass is 9.79. The van der Waals surface area contributed by atoms with E-state index in [0.717, 1.165) is 18.9 Å². The lowest BCUT2D eigenvalue weighted by Crippen LogP contribution is -2.37. The van der Waals surface area contributed by atoms with E-state index in [9.17, 15) is 26.4 Å². The summed E-state index contributed by atoms with van der Waals surface area (Å²) in [4.78, 5) is 12.5. The minimum atomic E-state index is -3.88. The monoisotopic (exact) mass is 496 g/mol. The first kappa shape index (κ1) is 23.6. The van der Waals surface area contributed by atoms with Gasteiger partial charge in [0.05, 0.1) is 21.2 Å². The molecule has 0 aliphatic heterocycles. The fourth-order valence-corrected chi connectivity index (χ4v) is 8.11. The topological polar surface area (TPSA) is 87.0 Å². The molecule has 174 valence electrons. The number of nitrogens with zero attached hydrogens (tertiary/aromatic N) is 1. The van der Waals surface area contributed by atoms with Gasteiger partial charge in [-0.05, 0) is 61.6 Å². The maximum Gasteiger partial charge on any atom is 0.255 e. The van der Waals surface area contributed by atoms with Crippen molar-refractivity contribution in [2.75, 3.05) is 5.32 Å². The van der Waals surface area contributed by atoms with E-state index in [1.807, 2.05) is 0 Å². The highest BCUT2D eigenvalue weighted by molar-refractivity contribution is 7.92. The summed E-state index contributed by atoms with van der Waals surface area (Å²) in [5.41, 5.74) is -0.391. The Kier molecular flexibility index (Phi) is 6.43. The molecule has 2 saturated carbocycles. The summed E-state index contributed by atoms with van der Waals surface area (Å²) in [6.07, 6.45) is 3.24. The third-order valence-electron chi connectivity index (χ3n) is 6.59. The van der Waals surface area contributed by atoms with Crippen LogP contribution in [0, 0.1) is 46.5 Å². The molecular weight excluding hydrogens is 477 g/mol. The Bertz CT molecular complexity index is 1230. The molecule has 2 unspecified atom stereocenters. The lowest BCUT2D eigenvalue weighted by molar-refractivity contribution is 0.102. The first-order valence-corrected chi connectivity index (χ1v) is 12.4. The first-order chi connectivity index (χ1) is 15.6. The number of carbonyl (C=O) groups is 1. The molecule has 2 aliphatic carbocycles. The van der Waals surface area contributed by atoms with Crippen LogP contribution in [0.4, 0.5) is 18.9 Å².